The van der Waals surface area contributed by atoms with Crippen LogP contribution in [-0.2, 0) is 21.7 Å². The molecule has 7 rings (SSSR count). The van der Waals surface area contributed by atoms with E-state index in [1.54, 1.807) is 0 Å². The van der Waals surface area contributed by atoms with Crippen LogP contribution >= 0.6 is 0 Å². The fourth-order valence-corrected chi connectivity index (χ4v) is 11.5. The molecule has 4 aromatic rings. The molecule has 0 N–H and O–H groups in total. The number of hydrogen-bond donors (Lipinski definition) is 0. The molecule has 3 aliphatic rings. The van der Waals surface area contributed by atoms with Gasteiger partial charge in [-0.2, -0.15) is 0 Å². The van der Waals surface area contributed by atoms with E-state index in [9.17, 15) is 0 Å². The second-order valence-electron chi connectivity index (χ2n) is 27.2. The molecule has 0 spiro atoms. The third kappa shape index (κ3) is 9.95. The van der Waals surface area contributed by atoms with Crippen LogP contribution in [0.4, 0.5) is 22.7 Å². The van der Waals surface area contributed by atoms with Gasteiger partial charge in [0.05, 0.1) is 17.1 Å². The van der Waals surface area contributed by atoms with E-state index in [-0.39, 0.29) is 43.8 Å². The number of anilines is 4. The molecule has 1 fully saturated rings. The molecule has 0 amide bonds. The average molecular weight is 923 g/mol. The second-order valence-corrected chi connectivity index (χ2v) is 27.2. The highest BCUT2D eigenvalue weighted by atomic mass is 15.2. The zero-order valence-electron chi connectivity index (χ0n) is 47.2. The summed E-state index contributed by atoms with van der Waals surface area (Å²) in [5.41, 5.74) is 21.7. The molecule has 368 valence electrons. The Morgan fingerprint density at radius 3 is 1.65 bits per heavy atom. The smallest absolute Gasteiger partial charge is 0.0540 e. The standard InChI is InChI=1S/C67H90N2/c1-23-52-54(66(19,20)32-31-64(52,15)16)37-45(4)68(57-39-49(35-43(57)2)62(9,10)11)59-40-50(63(12,13)14)41-60(46(59)5)69(58-42-55-53(36-44(58)3)65(17,18)33-34-67(55,21)22)56-30-29-48(61(6,7)8)38-51(56)47-27-25-24-26-28-47/h23-30,35-42,49H,4,31-34H2,1-3,5-22H3/b52-23+,54-37?. The van der Waals surface area contributed by atoms with Crippen LogP contribution in [-0.4, -0.2) is 0 Å². The topological polar surface area (TPSA) is 6.48 Å². The first-order chi connectivity index (χ1) is 31.7. The van der Waals surface area contributed by atoms with Crippen LogP contribution in [0, 0.1) is 36.0 Å². The van der Waals surface area contributed by atoms with Gasteiger partial charge in [-0.3, -0.25) is 0 Å². The predicted octanol–water partition coefficient (Wildman–Crippen LogP) is 19.9. The summed E-state index contributed by atoms with van der Waals surface area (Å²) in [5, 5.41) is 0. The molecule has 0 heterocycles. The molecule has 1 unspecified atom stereocenters. The van der Waals surface area contributed by atoms with Crippen LogP contribution in [0.3, 0.4) is 0 Å². The first-order valence-corrected chi connectivity index (χ1v) is 26.3. The maximum absolute atomic E-state index is 5.12. The zero-order chi connectivity index (χ0) is 51.2. The Bertz CT molecular complexity index is 2770. The molecule has 3 aliphatic carbocycles. The minimum atomic E-state index is -0.167. The lowest BCUT2D eigenvalue weighted by molar-refractivity contribution is 0.259. The Morgan fingerprint density at radius 2 is 1.12 bits per heavy atom. The van der Waals surface area contributed by atoms with Crippen molar-refractivity contribution in [2.45, 2.75) is 193 Å². The highest BCUT2D eigenvalue weighted by Crippen LogP contribution is 2.55. The maximum Gasteiger partial charge on any atom is 0.0540 e. The van der Waals surface area contributed by atoms with Gasteiger partial charge in [-0.15, -0.1) is 0 Å². The highest BCUT2D eigenvalue weighted by molar-refractivity contribution is 5.92. The largest absolute Gasteiger partial charge is 0.311 e. The normalized spacial score (nSPS) is 20.9. The van der Waals surface area contributed by atoms with Crippen molar-refractivity contribution >= 4 is 22.7 Å². The molecule has 0 saturated heterocycles. The SMILES string of the molecule is C=C(C=C1/C(=C\C)C(C)(C)CCC1(C)C)N(C1=CC(C(C)(C)C)C=C1C)c1cc(C(C)(C)C)cc(N(c2cc3c(cc2C)C(C)(C)CCC3(C)C)c2ccc(C(C)(C)C)cc2-c2ccccc2)c1C. The van der Waals surface area contributed by atoms with Crippen molar-refractivity contribution in [1.82, 2.24) is 0 Å². The van der Waals surface area contributed by atoms with Crippen LogP contribution in [0.2, 0.25) is 0 Å². The van der Waals surface area contributed by atoms with E-state index in [4.69, 9.17) is 6.58 Å². The fraction of sp³-hybridized carbons (Fsp3) is 0.493. The summed E-state index contributed by atoms with van der Waals surface area (Å²) >= 11 is 0. The molecular formula is C67H90N2. The second kappa shape index (κ2) is 17.8. The van der Waals surface area contributed by atoms with Crippen LogP contribution in [0.1, 0.15) is 191 Å². The monoisotopic (exact) mass is 923 g/mol. The van der Waals surface area contributed by atoms with Gasteiger partial charge in [-0.1, -0.05) is 185 Å². The Hall–Kier alpha value is -4.82. The summed E-state index contributed by atoms with van der Waals surface area (Å²) in [6.45, 7) is 55.2. The number of allylic oxidation sites excluding steroid dienone is 7. The third-order valence-corrected chi connectivity index (χ3v) is 16.7. The molecule has 0 bridgehead atoms. The van der Waals surface area contributed by atoms with E-state index in [0.29, 0.717) is 0 Å². The lowest BCUT2D eigenvalue weighted by Gasteiger charge is -2.45. The molecule has 4 aromatic carbocycles. The number of benzene rings is 4. The zero-order valence-corrected chi connectivity index (χ0v) is 47.2. The van der Waals surface area contributed by atoms with E-state index >= 15 is 0 Å². The van der Waals surface area contributed by atoms with Crippen LogP contribution in [0.5, 0.6) is 0 Å². The van der Waals surface area contributed by atoms with Gasteiger partial charge in [0.1, 0.15) is 0 Å². The summed E-state index contributed by atoms with van der Waals surface area (Å²) in [4.78, 5) is 5.21. The Labute approximate surface area is 421 Å². The highest BCUT2D eigenvalue weighted by Gasteiger charge is 2.42. The van der Waals surface area contributed by atoms with E-state index in [1.807, 2.05) is 0 Å². The van der Waals surface area contributed by atoms with Gasteiger partial charge in [0.25, 0.3) is 0 Å². The minimum absolute atomic E-state index is 0.00149. The van der Waals surface area contributed by atoms with Crippen molar-refractivity contribution < 1.29 is 0 Å². The number of fused-ring (bicyclic) bond motifs is 1. The van der Waals surface area contributed by atoms with Crippen molar-refractivity contribution in [1.29, 1.82) is 0 Å². The van der Waals surface area contributed by atoms with Gasteiger partial charge in [0.15, 0.2) is 0 Å². The van der Waals surface area contributed by atoms with E-state index in [1.165, 1.54) is 96.1 Å². The number of hydrogen-bond acceptors (Lipinski definition) is 2. The van der Waals surface area contributed by atoms with Crippen molar-refractivity contribution in [3.8, 4) is 11.1 Å². The number of nitrogens with zero attached hydrogens (tertiary/aromatic N) is 2. The molecule has 0 aliphatic heterocycles. The van der Waals surface area contributed by atoms with E-state index in [0.717, 1.165) is 25.0 Å². The van der Waals surface area contributed by atoms with Gasteiger partial charge < -0.3 is 9.80 Å². The van der Waals surface area contributed by atoms with Crippen LogP contribution in [0.25, 0.3) is 11.1 Å². The summed E-state index contributed by atoms with van der Waals surface area (Å²) in [7, 11) is 0. The molecule has 1 atom stereocenters. The van der Waals surface area contributed by atoms with Gasteiger partial charge in [-0.05, 0) is 183 Å². The lowest BCUT2D eigenvalue weighted by atomic mass is 9.60. The number of rotatable bonds is 8. The molecule has 2 nitrogen and oxygen atoms in total. The summed E-state index contributed by atoms with van der Waals surface area (Å²) in [6.07, 6.45) is 14.5. The molecule has 0 aromatic heterocycles. The molecule has 69 heavy (non-hydrogen) atoms. The van der Waals surface area contributed by atoms with Gasteiger partial charge in [-0.25, -0.2) is 0 Å². The van der Waals surface area contributed by atoms with Gasteiger partial charge in [0.2, 0.25) is 0 Å². The Balaban J connectivity index is 1.63. The number of aryl methyl sites for hydroxylation is 1. The molecule has 2 heteroatoms. The molecule has 1 saturated carbocycles. The van der Waals surface area contributed by atoms with Crippen molar-refractivity contribution in [2.24, 2.45) is 22.2 Å². The summed E-state index contributed by atoms with van der Waals surface area (Å²) in [5.74, 6) is 0.286. The quantitative estimate of drug-likeness (QED) is 0.174. The average Bonchev–Trinajstić information content (AvgIpc) is 3.64. The van der Waals surface area contributed by atoms with Crippen LogP contribution in [0.15, 0.2) is 132 Å². The van der Waals surface area contributed by atoms with Gasteiger partial charge >= 0.3 is 0 Å². The predicted molar refractivity (Wildman–Crippen MR) is 304 cm³/mol. The van der Waals surface area contributed by atoms with Crippen LogP contribution < -0.4 is 9.80 Å². The van der Waals surface area contributed by atoms with E-state index in [2.05, 4.69) is 252 Å². The fourth-order valence-electron chi connectivity index (χ4n) is 11.5. The van der Waals surface area contributed by atoms with E-state index < -0.39 is 0 Å². The third-order valence-electron chi connectivity index (χ3n) is 16.7. The Kier molecular flexibility index (Phi) is 13.4. The van der Waals surface area contributed by atoms with Crippen molar-refractivity contribution in [3.05, 3.63) is 165 Å². The van der Waals surface area contributed by atoms with Gasteiger partial charge in [0, 0.05) is 28.6 Å². The summed E-state index contributed by atoms with van der Waals surface area (Å²) < 4.78 is 0. The lowest BCUT2D eigenvalue weighted by Crippen LogP contribution is -2.34. The summed E-state index contributed by atoms with van der Waals surface area (Å²) in [6, 6.07) is 28.5. The first-order valence-electron chi connectivity index (χ1n) is 26.3. The molecule has 0 radical (unpaired) electrons. The first kappa shape index (κ1) is 52.0. The molecular weight excluding hydrogens is 833 g/mol. The Morgan fingerprint density at radius 1 is 0.580 bits per heavy atom. The van der Waals surface area contributed by atoms with Crippen molar-refractivity contribution in [2.75, 3.05) is 9.80 Å². The maximum atomic E-state index is 5.12. The van der Waals surface area contributed by atoms with Crippen molar-refractivity contribution in [3.63, 3.8) is 0 Å². The minimum Gasteiger partial charge on any atom is -0.311 e.